The summed E-state index contributed by atoms with van der Waals surface area (Å²) < 4.78 is 39.2. The molecule has 0 atom stereocenters. The first-order valence-corrected chi connectivity index (χ1v) is 3.50. The molecule has 0 rings (SSSR count). The first kappa shape index (κ1) is 13.1. The molecule has 0 aliphatic carbocycles. The second-order valence-electron chi connectivity index (χ2n) is 2.23. The second-order valence-corrected chi connectivity index (χ2v) is 2.23. The van der Waals surface area contributed by atoms with Crippen LogP contribution in [0.4, 0.5) is 13.2 Å². The van der Waals surface area contributed by atoms with Gasteiger partial charge in [-0.1, -0.05) is 0 Å². The molecule has 0 saturated heterocycles. The highest BCUT2D eigenvalue weighted by Crippen LogP contribution is 2.16. The van der Waals surface area contributed by atoms with E-state index in [1.165, 1.54) is 0 Å². The molecule has 15 heavy (non-hydrogen) atoms. The molecule has 1 N–H and O–H groups in total. The third-order valence-corrected chi connectivity index (χ3v) is 1.22. The van der Waals surface area contributed by atoms with Crippen LogP contribution in [0.25, 0.3) is 0 Å². The van der Waals surface area contributed by atoms with Crippen LogP contribution in [0, 0.1) is 5.41 Å². The highest BCUT2D eigenvalue weighted by atomic mass is 19.4. The van der Waals surface area contributed by atoms with Crippen molar-refractivity contribution in [2.24, 2.45) is 0 Å². The number of carbonyl (C=O) groups is 2. The summed E-state index contributed by atoms with van der Waals surface area (Å²) in [5, 5.41) is 6.56. The number of carbonyl (C=O) groups excluding carboxylic acids is 2. The summed E-state index contributed by atoms with van der Waals surface area (Å²) in [4.78, 5) is 21.0. The van der Waals surface area contributed by atoms with Gasteiger partial charge in [0.2, 0.25) is 0 Å². The van der Waals surface area contributed by atoms with Crippen LogP contribution in [-0.4, -0.2) is 30.9 Å². The van der Waals surface area contributed by atoms with E-state index in [0.29, 0.717) is 6.08 Å². The van der Waals surface area contributed by atoms with E-state index in [2.05, 4.69) is 4.74 Å². The molecule has 0 aliphatic heterocycles. The number of halogens is 3. The second kappa shape index (κ2) is 5.11. The van der Waals surface area contributed by atoms with Crippen molar-refractivity contribution in [3.05, 3.63) is 17.7 Å². The van der Waals surface area contributed by atoms with Gasteiger partial charge in [0.05, 0.1) is 7.11 Å². The Morgan fingerprint density at radius 2 is 1.87 bits per heavy atom. The highest BCUT2D eigenvalue weighted by Gasteiger charge is 2.36. The fourth-order valence-electron chi connectivity index (χ4n) is 0.524. The third-order valence-electron chi connectivity index (χ3n) is 1.22. The molecule has 82 valence electrons. The number of rotatable bonds is 3. The Morgan fingerprint density at radius 3 is 2.20 bits per heavy atom. The van der Waals surface area contributed by atoms with E-state index in [4.69, 9.17) is 5.41 Å². The van der Waals surface area contributed by atoms with Crippen LogP contribution in [0.5, 0.6) is 0 Å². The van der Waals surface area contributed by atoms with Crippen LogP contribution >= 0.6 is 0 Å². The van der Waals surface area contributed by atoms with Crippen molar-refractivity contribution < 1.29 is 27.5 Å². The Morgan fingerprint density at radius 1 is 1.33 bits per heavy atom. The van der Waals surface area contributed by atoms with E-state index in [0.717, 1.165) is 7.11 Å². The number of esters is 1. The van der Waals surface area contributed by atoms with E-state index in [9.17, 15) is 22.8 Å². The maximum Gasteiger partial charge on any atom is 0.454 e. The number of ketones is 1. The molecule has 0 aromatic rings. The normalized spacial score (nSPS) is 10.9. The minimum atomic E-state index is -5.00. The van der Waals surface area contributed by atoms with E-state index in [1.54, 1.807) is 5.87 Å². The van der Waals surface area contributed by atoms with E-state index in [1.807, 2.05) is 0 Å². The molecule has 0 aromatic carbocycles. The highest BCUT2D eigenvalue weighted by molar-refractivity contribution is 6.03. The van der Waals surface area contributed by atoms with Crippen LogP contribution < -0.4 is 0 Å². The molecular weight excluding hydrogens is 215 g/mol. The summed E-state index contributed by atoms with van der Waals surface area (Å²) >= 11 is 0. The first-order valence-electron chi connectivity index (χ1n) is 3.50. The molecule has 0 amide bonds. The molecule has 0 bridgehead atoms. The Balaban J connectivity index is 4.74. The summed E-state index contributed by atoms with van der Waals surface area (Å²) in [7, 11) is 0.985. The van der Waals surface area contributed by atoms with Crippen LogP contribution in [0.15, 0.2) is 17.7 Å². The van der Waals surface area contributed by atoms with Gasteiger partial charge in [-0.25, -0.2) is 4.79 Å². The van der Waals surface area contributed by atoms with Gasteiger partial charge < -0.3 is 4.74 Å². The van der Waals surface area contributed by atoms with Gasteiger partial charge in [0, 0.05) is 0 Å². The van der Waals surface area contributed by atoms with Crippen molar-refractivity contribution in [1.29, 1.82) is 5.41 Å². The average Bonchev–Trinajstić information content (AvgIpc) is 2.16. The molecule has 0 heterocycles. The number of nitrogens with one attached hydrogen (secondary N) is 1. The number of ether oxygens (including phenoxy) is 1. The van der Waals surface area contributed by atoms with Crippen LogP contribution in [0.1, 0.15) is 0 Å². The zero-order chi connectivity index (χ0) is 12.1. The van der Waals surface area contributed by atoms with Crippen molar-refractivity contribution in [1.82, 2.24) is 0 Å². The fourth-order valence-corrected chi connectivity index (χ4v) is 0.524. The van der Waals surface area contributed by atoms with E-state index < -0.39 is 23.5 Å². The smallest absolute Gasteiger partial charge is 0.454 e. The summed E-state index contributed by atoms with van der Waals surface area (Å²) in [5.41, 5.74) is -0.574. The molecule has 0 spiro atoms. The molecule has 0 saturated carbocycles. The van der Waals surface area contributed by atoms with Crippen LogP contribution in [0.2, 0.25) is 0 Å². The number of hydrogen-bond acceptors (Lipinski definition) is 4. The maximum absolute atomic E-state index is 11.7. The first-order chi connectivity index (χ1) is 6.82. The Hall–Kier alpha value is -1.88. The van der Waals surface area contributed by atoms with E-state index in [-0.39, 0.29) is 6.08 Å². The molecule has 0 aliphatic rings. The lowest BCUT2D eigenvalue weighted by atomic mass is 10.2. The monoisotopic (exact) mass is 221 g/mol. The quantitative estimate of drug-likeness (QED) is 0.335. The molecule has 0 fully saturated rings. The zero-order valence-electron chi connectivity index (χ0n) is 7.51. The summed E-state index contributed by atoms with van der Waals surface area (Å²) in [5.74, 6) is -1.63. The SMILES string of the molecule is COC(=O)C(=C=N)C=CC(=O)C(F)(F)F. The molecule has 0 radical (unpaired) electrons. The minimum absolute atomic E-state index is 0.133. The van der Waals surface area contributed by atoms with Gasteiger partial charge in [-0.2, -0.15) is 13.2 Å². The van der Waals surface area contributed by atoms with E-state index >= 15 is 0 Å². The standard InChI is InChI=1S/C8H6F3NO3/c1-15-7(14)5(4-12)2-3-6(13)8(9,10)11/h2-3,12H,1H3. The van der Waals surface area contributed by atoms with Gasteiger partial charge in [-0.05, 0) is 18.0 Å². The Labute approximate surface area is 82.5 Å². The topological polar surface area (TPSA) is 67.2 Å². The number of alkyl halides is 3. The average molecular weight is 221 g/mol. The number of methoxy groups -OCH3 is 1. The van der Waals surface area contributed by atoms with Gasteiger partial charge in [0.15, 0.2) is 0 Å². The van der Waals surface area contributed by atoms with Crippen molar-refractivity contribution in [2.75, 3.05) is 7.11 Å². The fraction of sp³-hybridized carbons (Fsp3) is 0.250. The molecule has 4 nitrogen and oxygen atoms in total. The number of allylic oxidation sites excluding steroid dienone is 1. The van der Waals surface area contributed by atoms with Gasteiger partial charge in [-0.15, -0.1) is 0 Å². The molecule has 0 unspecified atom stereocenters. The summed E-state index contributed by atoms with van der Waals surface area (Å²) in [6.45, 7) is 0. The lowest BCUT2D eigenvalue weighted by Gasteiger charge is -1.99. The van der Waals surface area contributed by atoms with Crippen molar-refractivity contribution >= 4 is 17.6 Å². The Kier molecular flexibility index (Phi) is 4.47. The summed E-state index contributed by atoms with van der Waals surface area (Å²) in [6, 6.07) is 0. The molecular formula is C8H6F3NO3. The van der Waals surface area contributed by atoms with Crippen molar-refractivity contribution in [3.8, 4) is 0 Å². The lowest BCUT2D eigenvalue weighted by Crippen LogP contribution is -2.20. The predicted molar refractivity (Wildman–Crippen MR) is 43.5 cm³/mol. The minimum Gasteiger partial charge on any atom is -0.465 e. The van der Waals surface area contributed by atoms with Crippen LogP contribution in [-0.2, 0) is 14.3 Å². The molecule has 7 heteroatoms. The van der Waals surface area contributed by atoms with Crippen LogP contribution in [0.3, 0.4) is 0 Å². The Bertz CT molecular complexity index is 351. The largest absolute Gasteiger partial charge is 0.465 e. The van der Waals surface area contributed by atoms with Crippen molar-refractivity contribution in [3.63, 3.8) is 0 Å². The van der Waals surface area contributed by atoms with Gasteiger partial charge in [0.25, 0.3) is 5.78 Å². The van der Waals surface area contributed by atoms with Gasteiger partial charge >= 0.3 is 12.1 Å². The lowest BCUT2D eigenvalue weighted by molar-refractivity contribution is -0.165. The molecule has 0 aromatic heterocycles. The summed E-state index contributed by atoms with van der Waals surface area (Å²) in [6.07, 6.45) is -4.35. The van der Waals surface area contributed by atoms with Gasteiger partial charge in [-0.3, -0.25) is 10.2 Å². The van der Waals surface area contributed by atoms with Gasteiger partial charge in [0.1, 0.15) is 5.57 Å². The third kappa shape index (κ3) is 4.24. The zero-order valence-corrected chi connectivity index (χ0v) is 7.51. The number of hydrogen-bond donors (Lipinski definition) is 1. The predicted octanol–water partition coefficient (Wildman–Crippen LogP) is 1.02. The van der Waals surface area contributed by atoms with Crippen molar-refractivity contribution in [2.45, 2.75) is 6.18 Å². The maximum atomic E-state index is 11.7.